The van der Waals surface area contributed by atoms with E-state index in [1.54, 1.807) is 25.3 Å². The standard InChI is InChI=1S/C23H17Cl2NO2/c1-27-23-13-17(12-19(14-26)18-5-9-21(25)10-6-18)4-11-22(23)28-15-16-2-7-20(24)8-3-16/h2-13H,15H2,1H3/b19-12-. The largest absolute Gasteiger partial charge is 0.493 e. The van der Waals surface area contributed by atoms with Crippen molar-refractivity contribution in [3.05, 3.63) is 93.5 Å². The molecule has 0 amide bonds. The number of rotatable bonds is 6. The van der Waals surface area contributed by atoms with Crippen LogP contribution in [0.15, 0.2) is 66.7 Å². The Morgan fingerprint density at radius 2 is 1.57 bits per heavy atom. The monoisotopic (exact) mass is 409 g/mol. The first-order valence-corrected chi connectivity index (χ1v) is 9.27. The summed E-state index contributed by atoms with van der Waals surface area (Å²) >= 11 is 11.8. The van der Waals surface area contributed by atoms with Gasteiger partial charge in [0.15, 0.2) is 11.5 Å². The van der Waals surface area contributed by atoms with Gasteiger partial charge < -0.3 is 9.47 Å². The van der Waals surface area contributed by atoms with Crippen molar-refractivity contribution in [3.8, 4) is 17.6 Å². The molecule has 0 unspecified atom stereocenters. The Balaban J connectivity index is 1.80. The molecule has 0 aliphatic rings. The first kappa shape index (κ1) is 19.8. The van der Waals surface area contributed by atoms with Gasteiger partial charge in [0.05, 0.1) is 18.8 Å². The van der Waals surface area contributed by atoms with Gasteiger partial charge in [-0.3, -0.25) is 0 Å². The predicted molar refractivity (Wildman–Crippen MR) is 114 cm³/mol. The van der Waals surface area contributed by atoms with Crippen LogP contribution in [0, 0.1) is 11.3 Å². The number of benzene rings is 3. The Hall–Kier alpha value is -2.93. The van der Waals surface area contributed by atoms with Gasteiger partial charge >= 0.3 is 0 Å². The average Bonchev–Trinajstić information content (AvgIpc) is 2.72. The van der Waals surface area contributed by atoms with E-state index in [1.165, 1.54) is 0 Å². The number of halogens is 2. The van der Waals surface area contributed by atoms with Crippen LogP contribution in [-0.2, 0) is 6.61 Å². The van der Waals surface area contributed by atoms with E-state index in [-0.39, 0.29) is 0 Å². The summed E-state index contributed by atoms with van der Waals surface area (Å²) in [6, 6.07) is 22.4. The summed E-state index contributed by atoms with van der Waals surface area (Å²) in [6.07, 6.45) is 1.80. The Morgan fingerprint density at radius 1 is 0.929 bits per heavy atom. The third-order valence-corrected chi connectivity index (χ3v) is 4.59. The summed E-state index contributed by atoms with van der Waals surface area (Å²) in [6.45, 7) is 0.400. The highest BCUT2D eigenvalue weighted by Gasteiger charge is 2.07. The second-order valence-electron chi connectivity index (χ2n) is 6.00. The molecule has 0 atom stereocenters. The van der Waals surface area contributed by atoms with Crippen molar-refractivity contribution in [3.63, 3.8) is 0 Å². The van der Waals surface area contributed by atoms with E-state index in [9.17, 15) is 5.26 Å². The van der Waals surface area contributed by atoms with Crippen LogP contribution in [0.5, 0.6) is 11.5 Å². The molecule has 3 aromatic rings. The topological polar surface area (TPSA) is 42.2 Å². The third kappa shape index (κ3) is 5.07. The predicted octanol–water partition coefficient (Wildman–Crippen LogP) is 6.65. The van der Waals surface area contributed by atoms with Gasteiger partial charge in [0.1, 0.15) is 6.61 Å². The van der Waals surface area contributed by atoms with E-state index in [0.29, 0.717) is 33.7 Å². The quantitative estimate of drug-likeness (QED) is 0.338. The number of nitrogens with zero attached hydrogens (tertiary/aromatic N) is 1. The molecule has 0 fully saturated rings. The lowest BCUT2D eigenvalue weighted by molar-refractivity contribution is 0.284. The second-order valence-corrected chi connectivity index (χ2v) is 6.88. The van der Waals surface area contributed by atoms with Crippen LogP contribution < -0.4 is 9.47 Å². The van der Waals surface area contributed by atoms with E-state index >= 15 is 0 Å². The number of ether oxygens (including phenoxy) is 2. The minimum Gasteiger partial charge on any atom is -0.493 e. The summed E-state index contributed by atoms with van der Waals surface area (Å²) in [5.74, 6) is 1.22. The molecular weight excluding hydrogens is 393 g/mol. The first-order valence-electron chi connectivity index (χ1n) is 8.52. The van der Waals surface area contributed by atoms with Crippen molar-refractivity contribution in [1.82, 2.24) is 0 Å². The zero-order valence-corrected chi connectivity index (χ0v) is 16.7. The van der Waals surface area contributed by atoms with Crippen LogP contribution in [0.3, 0.4) is 0 Å². The van der Waals surface area contributed by atoms with E-state index in [2.05, 4.69) is 6.07 Å². The van der Waals surface area contributed by atoms with Crippen LogP contribution in [0.4, 0.5) is 0 Å². The van der Waals surface area contributed by atoms with Gasteiger partial charge in [-0.25, -0.2) is 0 Å². The molecule has 140 valence electrons. The van der Waals surface area contributed by atoms with Gasteiger partial charge in [-0.2, -0.15) is 5.26 Å². The maximum Gasteiger partial charge on any atom is 0.161 e. The lowest BCUT2D eigenvalue weighted by Gasteiger charge is -2.12. The van der Waals surface area contributed by atoms with Gasteiger partial charge in [-0.15, -0.1) is 0 Å². The smallest absolute Gasteiger partial charge is 0.161 e. The van der Waals surface area contributed by atoms with E-state index in [1.807, 2.05) is 54.6 Å². The first-order chi connectivity index (χ1) is 13.6. The maximum absolute atomic E-state index is 9.50. The maximum atomic E-state index is 9.50. The van der Waals surface area contributed by atoms with Crippen molar-refractivity contribution < 1.29 is 9.47 Å². The lowest BCUT2D eigenvalue weighted by atomic mass is 10.0. The van der Waals surface area contributed by atoms with Crippen LogP contribution in [0.2, 0.25) is 10.0 Å². The molecule has 0 radical (unpaired) electrons. The normalized spacial score (nSPS) is 11.0. The zero-order valence-electron chi connectivity index (χ0n) is 15.2. The molecule has 0 saturated carbocycles. The number of hydrogen-bond donors (Lipinski definition) is 0. The summed E-state index contributed by atoms with van der Waals surface area (Å²) < 4.78 is 11.3. The summed E-state index contributed by atoms with van der Waals surface area (Å²) in [5.41, 5.74) is 3.18. The molecule has 0 spiro atoms. The fraction of sp³-hybridized carbons (Fsp3) is 0.0870. The fourth-order valence-electron chi connectivity index (χ4n) is 2.61. The Bertz CT molecular complexity index is 1020. The van der Waals surface area contributed by atoms with Crippen molar-refractivity contribution in [2.24, 2.45) is 0 Å². The molecule has 3 rings (SSSR count). The molecule has 0 aliphatic heterocycles. The molecule has 0 aliphatic carbocycles. The van der Waals surface area contributed by atoms with Crippen molar-refractivity contribution >= 4 is 34.9 Å². The molecule has 3 nitrogen and oxygen atoms in total. The fourth-order valence-corrected chi connectivity index (χ4v) is 2.86. The molecule has 3 aromatic carbocycles. The van der Waals surface area contributed by atoms with Crippen LogP contribution in [-0.4, -0.2) is 7.11 Å². The second kappa shape index (κ2) is 9.32. The average molecular weight is 410 g/mol. The number of methoxy groups -OCH3 is 1. The highest BCUT2D eigenvalue weighted by molar-refractivity contribution is 6.30. The van der Waals surface area contributed by atoms with Crippen molar-refractivity contribution in [1.29, 1.82) is 5.26 Å². The van der Waals surface area contributed by atoms with E-state index < -0.39 is 0 Å². The van der Waals surface area contributed by atoms with Gasteiger partial charge in [-0.1, -0.05) is 53.5 Å². The van der Waals surface area contributed by atoms with Crippen LogP contribution in [0.25, 0.3) is 11.6 Å². The van der Waals surface area contributed by atoms with Crippen molar-refractivity contribution in [2.45, 2.75) is 6.61 Å². The SMILES string of the molecule is COc1cc(/C=C(/C#N)c2ccc(Cl)cc2)ccc1OCc1ccc(Cl)cc1. The van der Waals surface area contributed by atoms with Gasteiger partial charge in [-0.05, 0) is 59.2 Å². The molecule has 0 aromatic heterocycles. The number of hydrogen-bond acceptors (Lipinski definition) is 3. The van der Waals surface area contributed by atoms with Gasteiger partial charge in [0.2, 0.25) is 0 Å². The molecule has 5 heteroatoms. The number of allylic oxidation sites excluding steroid dienone is 1. The minimum atomic E-state index is 0.400. The third-order valence-electron chi connectivity index (χ3n) is 4.08. The highest BCUT2D eigenvalue weighted by atomic mass is 35.5. The Labute approximate surface area is 174 Å². The van der Waals surface area contributed by atoms with Crippen LogP contribution >= 0.6 is 23.2 Å². The minimum absolute atomic E-state index is 0.400. The molecule has 0 heterocycles. The summed E-state index contributed by atoms with van der Waals surface area (Å²) in [4.78, 5) is 0. The summed E-state index contributed by atoms with van der Waals surface area (Å²) in [5, 5.41) is 10.8. The number of nitriles is 1. The molecule has 0 N–H and O–H groups in total. The Morgan fingerprint density at radius 3 is 2.18 bits per heavy atom. The Kier molecular flexibility index (Phi) is 6.60. The van der Waals surface area contributed by atoms with Gasteiger partial charge in [0, 0.05) is 10.0 Å². The van der Waals surface area contributed by atoms with E-state index in [4.69, 9.17) is 32.7 Å². The zero-order chi connectivity index (χ0) is 19.9. The lowest BCUT2D eigenvalue weighted by Crippen LogP contribution is -1.98. The van der Waals surface area contributed by atoms with Crippen molar-refractivity contribution in [2.75, 3.05) is 7.11 Å². The molecule has 0 saturated heterocycles. The summed E-state index contributed by atoms with van der Waals surface area (Å²) in [7, 11) is 1.59. The van der Waals surface area contributed by atoms with Crippen LogP contribution in [0.1, 0.15) is 16.7 Å². The molecular formula is C23H17Cl2NO2. The highest BCUT2D eigenvalue weighted by Crippen LogP contribution is 2.30. The van der Waals surface area contributed by atoms with Gasteiger partial charge in [0.25, 0.3) is 0 Å². The molecule has 0 bridgehead atoms. The van der Waals surface area contributed by atoms with E-state index in [0.717, 1.165) is 16.7 Å². The molecule has 28 heavy (non-hydrogen) atoms.